The molecule has 0 spiro atoms. The number of hydrogen-bond donors (Lipinski definition) is 3. The van der Waals surface area contributed by atoms with Crippen LogP contribution in [0.2, 0.25) is 0 Å². The first kappa shape index (κ1) is 16.4. The van der Waals surface area contributed by atoms with Crippen LogP contribution >= 0.6 is 11.8 Å². The fourth-order valence-electron chi connectivity index (χ4n) is 1.70. The number of aliphatic hydroxyl groups is 2. The Balaban J connectivity index is 2.55. The van der Waals surface area contributed by atoms with Gasteiger partial charge in [0, 0.05) is 17.8 Å². The van der Waals surface area contributed by atoms with Gasteiger partial charge in [-0.05, 0) is 30.9 Å². The minimum Gasteiger partial charge on any atom is -0.395 e. The zero-order chi connectivity index (χ0) is 14.4. The first-order chi connectivity index (χ1) is 8.99. The first-order valence-corrected chi connectivity index (χ1v) is 7.28. The van der Waals surface area contributed by atoms with Crippen molar-refractivity contribution in [3.63, 3.8) is 0 Å². The van der Waals surface area contributed by atoms with E-state index in [1.165, 1.54) is 17.8 Å². The van der Waals surface area contributed by atoms with Crippen molar-refractivity contribution in [1.82, 2.24) is 5.32 Å². The molecule has 0 aliphatic rings. The summed E-state index contributed by atoms with van der Waals surface area (Å²) in [6, 6.07) is 3.34. The van der Waals surface area contributed by atoms with Gasteiger partial charge in [0.05, 0.1) is 12.7 Å². The number of rotatable bonds is 7. The van der Waals surface area contributed by atoms with Crippen molar-refractivity contribution in [1.29, 1.82) is 0 Å². The van der Waals surface area contributed by atoms with Gasteiger partial charge in [0.15, 0.2) is 11.6 Å². The molecule has 0 fully saturated rings. The Kier molecular flexibility index (Phi) is 6.71. The van der Waals surface area contributed by atoms with Crippen molar-refractivity contribution >= 4 is 11.8 Å². The molecule has 3 nitrogen and oxygen atoms in total. The fraction of sp³-hybridized carbons (Fsp3) is 0.538. The average Bonchev–Trinajstić information content (AvgIpc) is 2.40. The van der Waals surface area contributed by atoms with Crippen LogP contribution in [0.15, 0.2) is 18.2 Å². The maximum Gasteiger partial charge on any atom is 0.159 e. The van der Waals surface area contributed by atoms with Gasteiger partial charge in [-0.25, -0.2) is 8.78 Å². The summed E-state index contributed by atoms with van der Waals surface area (Å²) in [5.41, 5.74) is 0.323. The van der Waals surface area contributed by atoms with Gasteiger partial charge in [-0.2, -0.15) is 11.8 Å². The zero-order valence-electron chi connectivity index (χ0n) is 10.9. The van der Waals surface area contributed by atoms with Gasteiger partial charge in [0.1, 0.15) is 0 Å². The number of hydrogen-bond acceptors (Lipinski definition) is 4. The molecule has 3 unspecified atom stereocenters. The van der Waals surface area contributed by atoms with Crippen LogP contribution in [-0.4, -0.2) is 40.9 Å². The second kappa shape index (κ2) is 7.79. The Morgan fingerprint density at radius 1 is 1.32 bits per heavy atom. The summed E-state index contributed by atoms with van der Waals surface area (Å²) < 4.78 is 25.8. The molecule has 0 aromatic heterocycles. The summed E-state index contributed by atoms with van der Waals surface area (Å²) >= 11 is 1.53. The Bertz CT molecular complexity index is 402. The highest BCUT2D eigenvalue weighted by Crippen LogP contribution is 2.17. The number of halogens is 2. The van der Waals surface area contributed by atoms with E-state index in [9.17, 15) is 13.9 Å². The van der Waals surface area contributed by atoms with Gasteiger partial charge in [0.25, 0.3) is 0 Å². The third-order valence-corrected chi connectivity index (χ3v) is 4.16. The average molecular weight is 291 g/mol. The molecular formula is C13H19F2NO2S. The van der Waals surface area contributed by atoms with Crippen LogP contribution in [-0.2, 0) is 0 Å². The van der Waals surface area contributed by atoms with Gasteiger partial charge in [-0.1, -0.05) is 6.07 Å². The predicted molar refractivity (Wildman–Crippen MR) is 73.2 cm³/mol. The van der Waals surface area contributed by atoms with Crippen molar-refractivity contribution in [3.8, 4) is 0 Å². The Labute approximate surface area is 116 Å². The summed E-state index contributed by atoms with van der Waals surface area (Å²) in [6.07, 6.45) is 0.976. The van der Waals surface area contributed by atoms with E-state index in [0.29, 0.717) is 5.56 Å². The lowest BCUT2D eigenvalue weighted by molar-refractivity contribution is 0.167. The smallest absolute Gasteiger partial charge is 0.159 e. The highest BCUT2D eigenvalue weighted by molar-refractivity contribution is 7.99. The van der Waals surface area contributed by atoms with Crippen LogP contribution in [0.5, 0.6) is 0 Å². The van der Waals surface area contributed by atoms with E-state index < -0.39 is 17.7 Å². The largest absolute Gasteiger partial charge is 0.395 e. The van der Waals surface area contributed by atoms with E-state index in [4.69, 9.17) is 5.11 Å². The van der Waals surface area contributed by atoms with Crippen LogP contribution in [0.4, 0.5) is 8.78 Å². The van der Waals surface area contributed by atoms with Gasteiger partial charge >= 0.3 is 0 Å². The quantitative estimate of drug-likeness (QED) is 0.716. The van der Waals surface area contributed by atoms with Gasteiger partial charge < -0.3 is 15.5 Å². The zero-order valence-corrected chi connectivity index (χ0v) is 11.8. The van der Waals surface area contributed by atoms with Crippen LogP contribution in [0.25, 0.3) is 0 Å². The van der Waals surface area contributed by atoms with Crippen molar-refractivity contribution in [2.24, 2.45) is 0 Å². The molecule has 6 heteroatoms. The van der Waals surface area contributed by atoms with Crippen LogP contribution in [0.1, 0.15) is 18.6 Å². The van der Waals surface area contributed by atoms with E-state index in [-0.39, 0.29) is 24.4 Å². The standard InChI is InChI=1S/C13H19F2NO2S/c1-8(13(7-17)19-2)16-6-12(18)9-3-4-10(14)11(15)5-9/h3-5,8,12-13,16-18H,6-7H2,1-2H3. The normalized spacial score (nSPS) is 16.1. The molecule has 0 bridgehead atoms. The van der Waals surface area contributed by atoms with E-state index in [1.54, 1.807) is 0 Å². The van der Waals surface area contributed by atoms with Crippen molar-refractivity contribution in [2.45, 2.75) is 24.3 Å². The Morgan fingerprint density at radius 3 is 2.53 bits per heavy atom. The van der Waals surface area contributed by atoms with Crippen LogP contribution in [0.3, 0.4) is 0 Å². The van der Waals surface area contributed by atoms with Crippen molar-refractivity contribution in [2.75, 3.05) is 19.4 Å². The highest BCUT2D eigenvalue weighted by atomic mass is 32.2. The third-order valence-electron chi connectivity index (χ3n) is 3.00. The molecule has 0 saturated carbocycles. The van der Waals surface area contributed by atoms with E-state index in [0.717, 1.165) is 12.1 Å². The SMILES string of the molecule is CSC(CO)C(C)NCC(O)c1ccc(F)c(F)c1. The summed E-state index contributed by atoms with van der Waals surface area (Å²) in [6.45, 7) is 2.15. The van der Waals surface area contributed by atoms with E-state index in [2.05, 4.69) is 5.32 Å². The molecule has 0 amide bonds. The maximum absolute atomic E-state index is 13.0. The Morgan fingerprint density at radius 2 is 2.00 bits per heavy atom. The lowest BCUT2D eigenvalue weighted by Crippen LogP contribution is -2.39. The molecule has 108 valence electrons. The van der Waals surface area contributed by atoms with E-state index >= 15 is 0 Å². The van der Waals surface area contributed by atoms with Crippen LogP contribution in [0, 0.1) is 11.6 Å². The van der Waals surface area contributed by atoms with Gasteiger partial charge in [-0.3, -0.25) is 0 Å². The molecule has 1 aromatic carbocycles. The second-order valence-corrected chi connectivity index (χ2v) is 5.42. The monoisotopic (exact) mass is 291 g/mol. The van der Waals surface area contributed by atoms with Crippen LogP contribution < -0.4 is 5.32 Å². The molecular weight excluding hydrogens is 272 g/mol. The number of benzene rings is 1. The number of thioether (sulfide) groups is 1. The predicted octanol–water partition coefficient (Wildman–Crippen LogP) is 1.70. The summed E-state index contributed by atoms with van der Waals surface area (Å²) in [5.74, 6) is -1.90. The number of aliphatic hydroxyl groups excluding tert-OH is 2. The molecule has 0 radical (unpaired) electrons. The summed E-state index contributed by atoms with van der Waals surface area (Å²) in [5, 5.41) is 22.1. The molecule has 0 heterocycles. The molecule has 0 saturated heterocycles. The molecule has 1 rings (SSSR count). The van der Waals surface area contributed by atoms with Gasteiger partial charge in [0.2, 0.25) is 0 Å². The summed E-state index contributed by atoms with van der Waals surface area (Å²) in [7, 11) is 0. The molecule has 1 aromatic rings. The van der Waals surface area contributed by atoms with E-state index in [1.807, 2.05) is 13.2 Å². The maximum atomic E-state index is 13.0. The lowest BCUT2D eigenvalue weighted by Gasteiger charge is -2.23. The van der Waals surface area contributed by atoms with Crippen molar-refractivity contribution < 1.29 is 19.0 Å². The molecule has 19 heavy (non-hydrogen) atoms. The molecule has 3 atom stereocenters. The molecule has 0 aliphatic heterocycles. The molecule has 0 aliphatic carbocycles. The highest BCUT2D eigenvalue weighted by Gasteiger charge is 2.17. The topological polar surface area (TPSA) is 52.5 Å². The lowest BCUT2D eigenvalue weighted by atomic mass is 10.1. The minimum absolute atomic E-state index is 0.0000507. The summed E-state index contributed by atoms with van der Waals surface area (Å²) in [4.78, 5) is 0. The van der Waals surface area contributed by atoms with Gasteiger partial charge in [-0.15, -0.1) is 0 Å². The third kappa shape index (κ3) is 4.72. The fourth-order valence-corrected chi connectivity index (χ4v) is 2.36. The van der Waals surface area contributed by atoms with Crippen molar-refractivity contribution in [3.05, 3.63) is 35.4 Å². The minimum atomic E-state index is -0.970. The second-order valence-electron chi connectivity index (χ2n) is 4.34. The number of nitrogens with one attached hydrogen (secondary N) is 1. The first-order valence-electron chi connectivity index (χ1n) is 5.99. The molecule has 3 N–H and O–H groups in total. The Hall–Kier alpha value is -0.690.